The molecule has 0 radical (unpaired) electrons. The Morgan fingerprint density at radius 3 is 2.48 bits per heavy atom. The van der Waals surface area contributed by atoms with Crippen molar-refractivity contribution in [2.45, 2.75) is 10.9 Å². The van der Waals surface area contributed by atoms with Crippen LogP contribution in [0.25, 0.3) is 11.4 Å². The lowest BCUT2D eigenvalue weighted by Gasteiger charge is -2.05. The van der Waals surface area contributed by atoms with E-state index >= 15 is 0 Å². The Bertz CT molecular complexity index is 829. The van der Waals surface area contributed by atoms with E-state index in [-0.39, 0.29) is 11.9 Å². The molecule has 23 heavy (non-hydrogen) atoms. The molecule has 3 rings (SSSR count). The van der Waals surface area contributed by atoms with E-state index in [4.69, 9.17) is 23.1 Å². The van der Waals surface area contributed by atoms with Gasteiger partial charge in [0.1, 0.15) is 5.82 Å². The fourth-order valence-corrected chi connectivity index (χ4v) is 2.95. The van der Waals surface area contributed by atoms with Gasteiger partial charge in [0.2, 0.25) is 11.9 Å². The predicted molar refractivity (Wildman–Crippen MR) is 89.7 cm³/mol. The first kappa shape index (κ1) is 15.5. The molecule has 10 heteroatoms. The molecule has 8 nitrogen and oxygen atoms in total. The third-order valence-corrected chi connectivity index (χ3v) is 4.34. The summed E-state index contributed by atoms with van der Waals surface area (Å²) >= 11 is 7.63. The van der Waals surface area contributed by atoms with Gasteiger partial charge < -0.3 is 16.0 Å². The molecule has 2 heterocycles. The van der Waals surface area contributed by atoms with Gasteiger partial charge >= 0.3 is 0 Å². The molecule has 0 fully saturated rings. The summed E-state index contributed by atoms with van der Waals surface area (Å²) in [5.41, 5.74) is 11.9. The molecule has 0 spiro atoms. The van der Waals surface area contributed by atoms with Gasteiger partial charge in [-0.3, -0.25) is 0 Å². The SMILES string of the molecule is Cn1c(SCc2nc(N)nc(N)n2)nnc1-c1ccccc1Cl. The zero-order valence-corrected chi connectivity index (χ0v) is 13.7. The molecule has 118 valence electrons. The Morgan fingerprint density at radius 2 is 1.78 bits per heavy atom. The van der Waals surface area contributed by atoms with Crippen LogP contribution in [0.2, 0.25) is 5.02 Å². The minimum absolute atomic E-state index is 0.0998. The van der Waals surface area contributed by atoms with Gasteiger partial charge in [0.05, 0.1) is 10.8 Å². The molecule has 0 unspecified atom stereocenters. The molecule has 2 aromatic heterocycles. The highest BCUT2D eigenvalue weighted by Gasteiger charge is 2.14. The molecule has 3 aromatic rings. The maximum Gasteiger partial charge on any atom is 0.225 e. The maximum atomic E-state index is 6.21. The lowest BCUT2D eigenvalue weighted by Crippen LogP contribution is -2.06. The fourth-order valence-electron chi connectivity index (χ4n) is 1.97. The van der Waals surface area contributed by atoms with E-state index in [0.717, 1.165) is 5.56 Å². The number of aromatic nitrogens is 6. The lowest BCUT2D eigenvalue weighted by atomic mass is 10.2. The van der Waals surface area contributed by atoms with Crippen LogP contribution < -0.4 is 11.5 Å². The summed E-state index contributed by atoms with van der Waals surface area (Å²) in [5.74, 6) is 1.83. The van der Waals surface area contributed by atoms with Crippen LogP contribution in [0.4, 0.5) is 11.9 Å². The molecule has 4 N–H and O–H groups in total. The van der Waals surface area contributed by atoms with Gasteiger partial charge in [-0.15, -0.1) is 10.2 Å². The summed E-state index contributed by atoms with van der Waals surface area (Å²) in [6.07, 6.45) is 0. The highest BCUT2D eigenvalue weighted by Crippen LogP contribution is 2.29. The zero-order chi connectivity index (χ0) is 16.4. The topological polar surface area (TPSA) is 121 Å². The van der Waals surface area contributed by atoms with E-state index in [1.165, 1.54) is 11.8 Å². The molecule has 0 aliphatic heterocycles. The van der Waals surface area contributed by atoms with Gasteiger partial charge in [-0.2, -0.15) is 15.0 Å². The van der Waals surface area contributed by atoms with Crippen molar-refractivity contribution in [3.63, 3.8) is 0 Å². The molecule has 1 aromatic carbocycles. The van der Waals surface area contributed by atoms with Crippen LogP contribution in [0, 0.1) is 0 Å². The highest BCUT2D eigenvalue weighted by molar-refractivity contribution is 7.98. The minimum Gasteiger partial charge on any atom is -0.368 e. The van der Waals surface area contributed by atoms with Crippen LogP contribution in [0.3, 0.4) is 0 Å². The van der Waals surface area contributed by atoms with Crippen LogP contribution in [-0.4, -0.2) is 29.7 Å². The van der Waals surface area contributed by atoms with Crippen molar-refractivity contribution in [1.29, 1.82) is 0 Å². The Morgan fingerprint density at radius 1 is 1.09 bits per heavy atom. The predicted octanol–water partition coefficient (Wildman–Crippen LogP) is 1.78. The van der Waals surface area contributed by atoms with Crippen LogP contribution in [0.5, 0.6) is 0 Å². The Hall–Kier alpha value is -2.39. The number of nitrogens with zero attached hydrogens (tertiary/aromatic N) is 6. The van der Waals surface area contributed by atoms with Gasteiger partial charge in [0, 0.05) is 12.6 Å². The second-order valence-electron chi connectivity index (χ2n) is 4.60. The number of rotatable bonds is 4. The zero-order valence-electron chi connectivity index (χ0n) is 12.1. The smallest absolute Gasteiger partial charge is 0.225 e. The largest absolute Gasteiger partial charge is 0.368 e. The Kier molecular flexibility index (Phi) is 4.30. The number of nitrogens with two attached hydrogens (primary N) is 2. The second-order valence-corrected chi connectivity index (χ2v) is 5.95. The first-order chi connectivity index (χ1) is 11.0. The first-order valence-electron chi connectivity index (χ1n) is 6.57. The number of hydrogen-bond donors (Lipinski definition) is 2. The quantitative estimate of drug-likeness (QED) is 0.684. The van der Waals surface area contributed by atoms with Gasteiger partial charge in [-0.1, -0.05) is 35.5 Å². The number of halogens is 1. The molecule has 0 atom stereocenters. The standard InChI is InChI=1S/C13H13ClN8S/c1-22-10(7-4-2-3-5-8(7)14)20-21-13(22)23-6-9-17-11(15)19-12(16)18-9/h2-5H,6H2,1H3,(H4,15,16,17,18,19). The Labute approximate surface area is 141 Å². The normalized spacial score (nSPS) is 10.9. The van der Waals surface area contributed by atoms with Crippen molar-refractivity contribution < 1.29 is 0 Å². The average Bonchev–Trinajstić information content (AvgIpc) is 2.86. The second kappa shape index (κ2) is 6.39. The van der Waals surface area contributed by atoms with Crippen LogP contribution >= 0.6 is 23.4 Å². The van der Waals surface area contributed by atoms with E-state index < -0.39 is 0 Å². The van der Waals surface area contributed by atoms with E-state index in [1.54, 1.807) is 0 Å². The molecular formula is C13H13ClN8S. The molecule has 0 saturated heterocycles. The molecule has 0 bridgehead atoms. The molecule has 0 aliphatic carbocycles. The van der Waals surface area contributed by atoms with Crippen molar-refractivity contribution in [2.75, 3.05) is 11.5 Å². The molecular weight excluding hydrogens is 336 g/mol. The summed E-state index contributed by atoms with van der Waals surface area (Å²) in [6, 6.07) is 7.48. The Balaban J connectivity index is 1.81. The number of benzene rings is 1. The van der Waals surface area contributed by atoms with E-state index in [2.05, 4.69) is 25.1 Å². The van der Waals surface area contributed by atoms with Crippen LogP contribution in [0.1, 0.15) is 5.82 Å². The third kappa shape index (κ3) is 3.35. The highest BCUT2D eigenvalue weighted by atomic mass is 35.5. The first-order valence-corrected chi connectivity index (χ1v) is 7.94. The number of thioether (sulfide) groups is 1. The summed E-state index contributed by atoms with van der Waals surface area (Å²) in [4.78, 5) is 11.8. The number of anilines is 2. The van der Waals surface area contributed by atoms with E-state index in [1.807, 2.05) is 35.9 Å². The van der Waals surface area contributed by atoms with Crippen LogP contribution in [-0.2, 0) is 12.8 Å². The van der Waals surface area contributed by atoms with Gasteiger partial charge in [-0.05, 0) is 12.1 Å². The summed E-state index contributed by atoms with van der Waals surface area (Å²) < 4.78 is 1.86. The van der Waals surface area contributed by atoms with Crippen molar-refractivity contribution >= 4 is 35.3 Å². The van der Waals surface area contributed by atoms with Crippen molar-refractivity contribution in [3.8, 4) is 11.4 Å². The summed E-state index contributed by atoms with van der Waals surface area (Å²) in [6.45, 7) is 0. The van der Waals surface area contributed by atoms with Crippen molar-refractivity contribution in [1.82, 2.24) is 29.7 Å². The monoisotopic (exact) mass is 348 g/mol. The van der Waals surface area contributed by atoms with Gasteiger partial charge in [0.25, 0.3) is 0 Å². The average molecular weight is 349 g/mol. The maximum absolute atomic E-state index is 6.21. The fraction of sp³-hybridized carbons (Fsp3) is 0.154. The van der Waals surface area contributed by atoms with E-state index in [9.17, 15) is 0 Å². The van der Waals surface area contributed by atoms with Gasteiger partial charge in [-0.25, -0.2) is 0 Å². The van der Waals surface area contributed by atoms with E-state index in [0.29, 0.717) is 27.6 Å². The molecule has 0 amide bonds. The number of hydrogen-bond acceptors (Lipinski definition) is 8. The van der Waals surface area contributed by atoms with Crippen molar-refractivity contribution in [2.24, 2.45) is 7.05 Å². The molecule has 0 aliphatic rings. The van der Waals surface area contributed by atoms with Gasteiger partial charge in [0.15, 0.2) is 11.0 Å². The minimum atomic E-state index is 0.0998. The third-order valence-electron chi connectivity index (χ3n) is 3.00. The lowest BCUT2D eigenvalue weighted by molar-refractivity contribution is 0.792. The van der Waals surface area contributed by atoms with Crippen molar-refractivity contribution in [3.05, 3.63) is 35.1 Å². The van der Waals surface area contributed by atoms with Crippen LogP contribution in [0.15, 0.2) is 29.4 Å². The molecule has 0 saturated carbocycles. The summed E-state index contributed by atoms with van der Waals surface area (Å²) in [5, 5.41) is 9.70. The summed E-state index contributed by atoms with van der Waals surface area (Å²) in [7, 11) is 1.87. The number of nitrogen functional groups attached to an aromatic ring is 2.